The summed E-state index contributed by atoms with van der Waals surface area (Å²) >= 11 is 0. The molecular weight excluding hydrogens is 224 g/mol. The third kappa shape index (κ3) is 2.71. The molecule has 0 aromatic carbocycles. The van der Waals surface area contributed by atoms with Crippen molar-refractivity contribution in [2.75, 3.05) is 19.6 Å². The summed E-state index contributed by atoms with van der Waals surface area (Å²) in [6.45, 7) is 4.72. The fraction of sp³-hybridized carbons (Fsp3) is 0.933. The number of likely N-dealkylation sites (tertiary alicyclic amines) is 1. The molecule has 2 rings (SSSR count). The molecule has 0 bridgehead atoms. The average Bonchev–Trinajstić information content (AvgIpc) is 2.77. The van der Waals surface area contributed by atoms with E-state index in [9.17, 15) is 4.79 Å². The van der Waals surface area contributed by atoms with E-state index < -0.39 is 0 Å². The second-order valence-electron chi connectivity index (χ2n) is 6.19. The van der Waals surface area contributed by atoms with E-state index in [1.54, 1.807) is 0 Å². The van der Waals surface area contributed by atoms with E-state index in [2.05, 4.69) is 11.8 Å². The summed E-state index contributed by atoms with van der Waals surface area (Å²) in [6.07, 6.45) is 9.27. The molecule has 2 N–H and O–H groups in total. The minimum Gasteiger partial charge on any atom is -0.342 e. The molecule has 0 aromatic rings. The van der Waals surface area contributed by atoms with Crippen LogP contribution in [0.4, 0.5) is 0 Å². The Bertz CT molecular complexity index is 284. The monoisotopic (exact) mass is 252 g/mol. The third-order valence-electron chi connectivity index (χ3n) is 5.12. The van der Waals surface area contributed by atoms with Gasteiger partial charge in [-0.05, 0) is 38.0 Å². The van der Waals surface area contributed by atoms with Gasteiger partial charge in [-0.25, -0.2) is 0 Å². The molecule has 1 atom stereocenters. The zero-order valence-electron chi connectivity index (χ0n) is 11.8. The lowest BCUT2D eigenvalue weighted by Gasteiger charge is -2.33. The van der Waals surface area contributed by atoms with Crippen LogP contribution in [0.15, 0.2) is 0 Å². The number of hydrogen-bond donors (Lipinski definition) is 1. The van der Waals surface area contributed by atoms with Crippen LogP contribution >= 0.6 is 0 Å². The Kier molecular flexibility index (Phi) is 4.66. The molecule has 18 heavy (non-hydrogen) atoms. The van der Waals surface area contributed by atoms with Crippen LogP contribution < -0.4 is 5.73 Å². The predicted octanol–water partition coefficient (Wildman–Crippen LogP) is 2.54. The van der Waals surface area contributed by atoms with Crippen LogP contribution in [-0.4, -0.2) is 30.4 Å². The van der Waals surface area contributed by atoms with E-state index >= 15 is 0 Å². The Labute approximate surface area is 111 Å². The maximum Gasteiger partial charge on any atom is 0.230 e. The highest BCUT2D eigenvalue weighted by Crippen LogP contribution is 2.39. The summed E-state index contributed by atoms with van der Waals surface area (Å²) in [7, 11) is 0. The van der Waals surface area contributed by atoms with E-state index in [-0.39, 0.29) is 5.41 Å². The van der Waals surface area contributed by atoms with Gasteiger partial charge in [0, 0.05) is 19.6 Å². The molecule has 1 unspecified atom stereocenters. The second kappa shape index (κ2) is 6.05. The second-order valence-corrected chi connectivity index (χ2v) is 6.19. The first-order chi connectivity index (χ1) is 8.72. The van der Waals surface area contributed by atoms with Crippen molar-refractivity contribution in [3.05, 3.63) is 0 Å². The zero-order valence-corrected chi connectivity index (χ0v) is 11.8. The van der Waals surface area contributed by atoms with Crippen LogP contribution in [0.2, 0.25) is 0 Å². The molecule has 1 saturated carbocycles. The number of carbonyl (C=O) groups excluding carboxylic acids is 1. The largest absolute Gasteiger partial charge is 0.342 e. The molecule has 1 aliphatic heterocycles. The Morgan fingerprint density at radius 2 is 1.94 bits per heavy atom. The van der Waals surface area contributed by atoms with Gasteiger partial charge in [-0.3, -0.25) is 4.79 Å². The molecule has 2 fully saturated rings. The van der Waals surface area contributed by atoms with E-state index in [0.29, 0.717) is 12.5 Å². The quantitative estimate of drug-likeness (QED) is 0.839. The summed E-state index contributed by atoms with van der Waals surface area (Å²) in [4.78, 5) is 14.9. The Morgan fingerprint density at radius 1 is 1.22 bits per heavy atom. The van der Waals surface area contributed by atoms with Crippen LogP contribution in [0.5, 0.6) is 0 Å². The van der Waals surface area contributed by atoms with Crippen LogP contribution in [0.3, 0.4) is 0 Å². The summed E-state index contributed by atoms with van der Waals surface area (Å²) in [5, 5.41) is 0. The summed E-state index contributed by atoms with van der Waals surface area (Å²) in [6, 6.07) is 0. The summed E-state index contributed by atoms with van der Waals surface area (Å²) in [5.74, 6) is 1.18. The van der Waals surface area contributed by atoms with Crippen molar-refractivity contribution in [3.8, 4) is 0 Å². The first kappa shape index (κ1) is 13.9. The van der Waals surface area contributed by atoms with Crippen molar-refractivity contribution < 1.29 is 4.79 Å². The fourth-order valence-corrected chi connectivity index (χ4v) is 3.67. The van der Waals surface area contributed by atoms with Crippen LogP contribution in [-0.2, 0) is 4.79 Å². The van der Waals surface area contributed by atoms with Gasteiger partial charge >= 0.3 is 0 Å². The van der Waals surface area contributed by atoms with E-state index in [0.717, 1.165) is 31.8 Å². The van der Waals surface area contributed by atoms with Crippen LogP contribution in [0.25, 0.3) is 0 Å². The van der Waals surface area contributed by atoms with Gasteiger partial charge in [0.25, 0.3) is 0 Å². The topological polar surface area (TPSA) is 46.3 Å². The van der Waals surface area contributed by atoms with Crippen molar-refractivity contribution >= 4 is 5.91 Å². The molecule has 0 radical (unpaired) electrons. The fourth-order valence-electron chi connectivity index (χ4n) is 3.67. The van der Waals surface area contributed by atoms with Gasteiger partial charge in [-0.1, -0.05) is 26.2 Å². The first-order valence-electron chi connectivity index (χ1n) is 7.71. The minimum atomic E-state index is -0.202. The van der Waals surface area contributed by atoms with Gasteiger partial charge in [0.1, 0.15) is 0 Å². The Morgan fingerprint density at radius 3 is 2.56 bits per heavy atom. The molecule has 104 valence electrons. The van der Waals surface area contributed by atoms with Gasteiger partial charge in [-0.15, -0.1) is 0 Å². The molecule has 2 aliphatic rings. The van der Waals surface area contributed by atoms with Gasteiger partial charge in [0.15, 0.2) is 0 Å². The third-order valence-corrected chi connectivity index (χ3v) is 5.12. The number of amides is 1. The Hall–Kier alpha value is -0.570. The van der Waals surface area contributed by atoms with E-state index in [4.69, 9.17) is 5.73 Å². The van der Waals surface area contributed by atoms with Gasteiger partial charge in [0.05, 0.1) is 5.41 Å². The molecule has 1 aliphatic carbocycles. The average molecular weight is 252 g/mol. The first-order valence-corrected chi connectivity index (χ1v) is 7.71. The van der Waals surface area contributed by atoms with Gasteiger partial charge < -0.3 is 10.6 Å². The molecule has 3 heteroatoms. The maximum absolute atomic E-state index is 12.7. The standard InChI is InChI=1S/C15H28N2O/c1-2-13-6-5-10-17(11-7-13)14(18)15(12-16)8-3-4-9-15/h13H,2-12,16H2,1H3. The van der Waals surface area contributed by atoms with Crippen molar-refractivity contribution in [1.29, 1.82) is 0 Å². The number of rotatable bonds is 3. The molecule has 3 nitrogen and oxygen atoms in total. The normalized spacial score (nSPS) is 28.1. The van der Waals surface area contributed by atoms with Crippen LogP contribution in [0, 0.1) is 11.3 Å². The molecule has 1 saturated heterocycles. The van der Waals surface area contributed by atoms with Gasteiger partial charge in [0.2, 0.25) is 5.91 Å². The summed E-state index contributed by atoms with van der Waals surface area (Å²) in [5.41, 5.74) is 5.72. The van der Waals surface area contributed by atoms with E-state index in [1.165, 1.54) is 38.5 Å². The molecule has 1 amide bonds. The van der Waals surface area contributed by atoms with Gasteiger partial charge in [-0.2, -0.15) is 0 Å². The van der Waals surface area contributed by atoms with E-state index in [1.807, 2.05) is 0 Å². The lowest BCUT2D eigenvalue weighted by atomic mass is 9.84. The predicted molar refractivity (Wildman–Crippen MR) is 74.2 cm³/mol. The molecule has 0 aromatic heterocycles. The molecule has 0 spiro atoms. The number of carbonyl (C=O) groups is 1. The smallest absolute Gasteiger partial charge is 0.230 e. The van der Waals surface area contributed by atoms with Crippen LogP contribution in [0.1, 0.15) is 58.3 Å². The van der Waals surface area contributed by atoms with Crippen molar-refractivity contribution in [2.24, 2.45) is 17.1 Å². The zero-order chi connectivity index (χ0) is 13.0. The number of nitrogens with zero attached hydrogens (tertiary/aromatic N) is 1. The Balaban J connectivity index is 1.99. The minimum absolute atomic E-state index is 0.202. The molecule has 1 heterocycles. The number of hydrogen-bond acceptors (Lipinski definition) is 2. The highest BCUT2D eigenvalue weighted by molar-refractivity contribution is 5.83. The van der Waals surface area contributed by atoms with Crippen molar-refractivity contribution in [2.45, 2.75) is 58.3 Å². The summed E-state index contributed by atoms with van der Waals surface area (Å²) < 4.78 is 0. The SMILES string of the molecule is CCC1CCCN(C(=O)C2(CN)CCCC2)CC1. The lowest BCUT2D eigenvalue weighted by molar-refractivity contribution is -0.141. The maximum atomic E-state index is 12.7. The molecular formula is C15H28N2O. The van der Waals surface area contributed by atoms with Crippen molar-refractivity contribution in [3.63, 3.8) is 0 Å². The van der Waals surface area contributed by atoms with Crippen molar-refractivity contribution in [1.82, 2.24) is 4.90 Å². The number of nitrogens with two attached hydrogens (primary N) is 1. The highest BCUT2D eigenvalue weighted by Gasteiger charge is 2.42. The lowest BCUT2D eigenvalue weighted by Crippen LogP contribution is -2.47. The highest BCUT2D eigenvalue weighted by atomic mass is 16.2.